The molecule has 2 rings (SSSR count). The van der Waals surface area contributed by atoms with Gasteiger partial charge in [-0.25, -0.2) is 0 Å². The summed E-state index contributed by atoms with van der Waals surface area (Å²) in [6.45, 7) is 7.32. The number of benzene rings is 1. The van der Waals surface area contributed by atoms with Crippen molar-refractivity contribution in [2.75, 3.05) is 26.2 Å². The Bertz CT molecular complexity index is 546. The van der Waals surface area contributed by atoms with Crippen LogP contribution in [0.4, 0.5) is 0 Å². The summed E-state index contributed by atoms with van der Waals surface area (Å²) in [6.07, 6.45) is -0.980. The number of carbonyl (C=O) groups excluding carboxylic acids is 2. The van der Waals surface area contributed by atoms with Gasteiger partial charge in [0.15, 0.2) is 0 Å². The number of rotatable bonds is 2. The minimum Gasteiger partial charge on any atom is -0.384 e. The zero-order chi connectivity index (χ0) is 15.6. The number of hydrogen-bond acceptors (Lipinski definition) is 3. The van der Waals surface area contributed by atoms with Crippen LogP contribution >= 0.6 is 0 Å². The predicted molar refractivity (Wildman–Crippen MR) is 80.1 cm³/mol. The monoisotopic (exact) mass is 290 g/mol. The van der Waals surface area contributed by atoms with Crippen molar-refractivity contribution in [2.45, 2.75) is 26.9 Å². The number of aryl methyl sites for hydroxylation is 2. The van der Waals surface area contributed by atoms with Crippen LogP contribution in [-0.2, 0) is 4.79 Å². The molecule has 1 unspecified atom stereocenters. The molecule has 0 aliphatic carbocycles. The van der Waals surface area contributed by atoms with Crippen molar-refractivity contribution in [3.8, 4) is 0 Å². The van der Waals surface area contributed by atoms with Gasteiger partial charge < -0.3 is 14.9 Å². The van der Waals surface area contributed by atoms with Crippen LogP contribution < -0.4 is 0 Å². The fourth-order valence-corrected chi connectivity index (χ4v) is 2.53. The van der Waals surface area contributed by atoms with E-state index in [4.69, 9.17) is 0 Å². The maximum Gasteiger partial charge on any atom is 0.254 e. The molecule has 0 saturated carbocycles. The second-order valence-corrected chi connectivity index (χ2v) is 5.61. The molecule has 1 saturated heterocycles. The van der Waals surface area contributed by atoms with Gasteiger partial charge in [0.05, 0.1) is 0 Å². The third kappa shape index (κ3) is 3.42. The fraction of sp³-hybridized carbons (Fsp3) is 0.500. The molecular formula is C16H22N2O3. The van der Waals surface area contributed by atoms with E-state index in [1.54, 1.807) is 9.80 Å². The molecule has 0 radical (unpaired) electrons. The smallest absolute Gasteiger partial charge is 0.254 e. The maximum atomic E-state index is 12.6. The van der Waals surface area contributed by atoms with Gasteiger partial charge in [-0.05, 0) is 32.4 Å². The normalized spacial score (nSPS) is 16.8. The van der Waals surface area contributed by atoms with Crippen molar-refractivity contribution >= 4 is 11.8 Å². The van der Waals surface area contributed by atoms with Gasteiger partial charge in [-0.2, -0.15) is 0 Å². The highest BCUT2D eigenvalue weighted by Gasteiger charge is 2.27. The Labute approximate surface area is 125 Å². The number of amides is 2. The second-order valence-electron chi connectivity index (χ2n) is 5.61. The van der Waals surface area contributed by atoms with Crippen LogP contribution in [0.5, 0.6) is 0 Å². The molecular weight excluding hydrogens is 268 g/mol. The molecule has 1 aromatic rings. The van der Waals surface area contributed by atoms with E-state index in [0.29, 0.717) is 26.2 Å². The van der Waals surface area contributed by atoms with Crippen molar-refractivity contribution in [3.05, 3.63) is 34.9 Å². The Kier molecular flexibility index (Phi) is 4.63. The van der Waals surface area contributed by atoms with Crippen LogP contribution in [-0.4, -0.2) is 59.0 Å². The molecule has 1 N–H and O–H groups in total. The van der Waals surface area contributed by atoms with E-state index >= 15 is 0 Å². The highest BCUT2D eigenvalue weighted by atomic mass is 16.3. The third-order valence-electron chi connectivity index (χ3n) is 3.86. The van der Waals surface area contributed by atoms with Crippen LogP contribution in [0.15, 0.2) is 18.2 Å². The number of hydrogen-bond donors (Lipinski definition) is 1. The third-order valence-corrected chi connectivity index (χ3v) is 3.86. The summed E-state index contributed by atoms with van der Waals surface area (Å²) >= 11 is 0. The van der Waals surface area contributed by atoms with Crippen LogP contribution in [0.2, 0.25) is 0 Å². The van der Waals surface area contributed by atoms with Gasteiger partial charge in [-0.15, -0.1) is 0 Å². The molecule has 0 aromatic heterocycles. The number of nitrogens with zero attached hydrogens (tertiary/aromatic N) is 2. The van der Waals surface area contributed by atoms with Crippen molar-refractivity contribution in [2.24, 2.45) is 0 Å². The van der Waals surface area contributed by atoms with E-state index in [2.05, 4.69) is 0 Å². The zero-order valence-corrected chi connectivity index (χ0v) is 12.8. The van der Waals surface area contributed by atoms with Crippen LogP contribution in [0.25, 0.3) is 0 Å². The lowest BCUT2D eigenvalue weighted by Crippen LogP contribution is -2.52. The molecule has 5 heteroatoms. The lowest BCUT2D eigenvalue weighted by atomic mass is 10.0. The number of carbonyl (C=O) groups is 2. The molecule has 1 atom stereocenters. The second kappa shape index (κ2) is 6.26. The predicted octanol–water partition coefficient (Wildman–Crippen LogP) is 0.969. The van der Waals surface area contributed by atoms with Crippen LogP contribution in [0.1, 0.15) is 28.4 Å². The van der Waals surface area contributed by atoms with E-state index in [1.165, 1.54) is 6.92 Å². The van der Waals surface area contributed by atoms with E-state index in [1.807, 2.05) is 32.0 Å². The van der Waals surface area contributed by atoms with Gasteiger partial charge in [0.1, 0.15) is 6.10 Å². The summed E-state index contributed by atoms with van der Waals surface area (Å²) in [4.78, 5) is 27.7. The van der Waals surface area contributed by atoms with E-state index in [9.17, 15) is 14.7 Å². The first-order valence-corrected chi connectivity index (χ1v) is 7.23. The van der Waals surface area contributed by atoms with Gasteiger partial charge in [-0.3, -0.25) is 9.59 Å². The molecule has 0 spiro atoms. The summed E-state index contributed by atoms with van der Waals surface area (Å²) in [5, 5.41) is 9.32. The minimum atomic E-state index is -0.980. The minimum absolute atomic E-state index is 0.0142. The topological polar surface area (TPSA) is 60.9 Å². The first kappa shape index (κ1) is 15.5. The van der Waals surface area contributed by atoms with Gasteiger partial charge in [-0.1, -0.05) is 17.7 Å². The number of aliphatic hydroxyl groups is 1. The Morgan fingerprint density at radius 1 is 1.10 bits per heavy atom. The summed E-state index contributed by atoms with van der Waals surface area (Å²) in [5.41, 5.74) is 2.75. The molecule has 1 aromatic carbocycles. The van der Waals surface area contributed by atoms with E-state index in [-0.39, 0.29) is 11.8 Å². The maximum absolute atomic E-state index is 12.6. The molecule has 5 nitrogen and oxygen atoms in total. The average Bonchev–Trinajstić information content (AvgIpc) is 2.48. The lowest BCUT2D eigenvalue weighted by Gasteiger charge is -2.35. The molecule has 2 amide bonds. The largest absolute Gasteiger partial charge is 0.384 e. The standard InChI is InChI=1S/C16H22N2O3/c1-11-4-5-12(2)14(10-11)16(21)18-8-6-17(7-9-18)15(20)13(3)19/h4-5,10,13,19H,6-9H2,1-3H3. The first-order valence-electron chi connectivity index (χ1n) is 7.23. The van der Waals surface area contributed by atoms with Crippen molar-refractivity contribution in [1.29, 1.82) is 0 Å². The Morgan fingerprint density at radius 2 is 1.67 bits per heavy atom. The van der Waals surface area contributed by atoms with E-state index < -0.39 is 6.10 Å². The van der Waals surface area contributed by atoms with Crippen LogP contribution in [0.3, 0.4) is 0 Å². The Hall–Kier alpha value is -1.88. The van der Waals surface area contributed by atoms with E-state index in [0.717, 1.165) is 16.7 Å². The zero-order valence-electron chi connectivity index (χ0n) is 12.8. The lowest BCUT2D eigenvalue weighted by molar-refractivity contribution is -0.140. The molecule has 1 heterocycles. The molecule has 1 aliphatic rings. The molecule has 1 aliphatic heterocycles. The van der Waals surface area contributed by atoms with Crippen LogP contribution in [0, 0.1) is 13.8 Å². The SMILES string of the molecule is Cc1ccc(C)c(C(=O)N2CCN(C(=O)C(C)O)CC2)c1. The summed E-state index contributed by atoms with van der Waals surface area (Å²) in [7, 11) is 0. The average molecular weight is 290 g/mol. The number of piperazine rings is 1. The van der Waals surface area contributed by atoms with Crippen molar-refractivity contribution in [3.63, 3.8) is 0 Å². The molecule has 0 bridgehead atoms. The van der Waals surface area contributed by atoms with Crippen molar-refractivity contribution < 1.29 is 14.7 Å². The van der Waals surface area contributed by atoms with Crippen molar-refractivity contribution in [1.82, 2.24) is 9.80 Å². The Morgan fingerprint density at radius 3 is 2.24 bits per heavy atom. The highest BCUT2D eigenvalue weighted by molar-refractivity contribution is 5.96. The quantitative estimate of drug-likeness (QED) is 0.883. The summed E-state index contributed by atoms with van der Waals surface area (Å²) in [6, 6.07) is 5.85. The van der Waals surface area contributed by atoms with Gasteiger partial charge in [0.25, 0.3) is 11.8 Å². The van der Waals surface area contributed by atoms with Gasteiger partial charge in [0.2, 0.25) is 0 Å². The fourth-order valence-electron chi connectivity index (χ4n) is 2.53. The summed E-state index contributed by atoms with van der Waals surface area (Å²) in [5.74, 6) is -0.255. The Balaban J connectivity index is 2.03. The first-order chi connectivity index (χ1) is 9.90. The summed E-state index contributed by atoms with van der Waals surface area (Å²) < 4.78 is 0. The molecule has 21 heavy (non-hydrogen) atoms. The number of aliphatic hydroxyl groups excluding tert-OH is 1. The highest BCUT2D eigenvalue weighted by Crippen LogP contribution is 2.15. The van der Waals surface area contributed by atoms with Gasteiger partial charge >= 0.3 is 0 Å². The molecule has 114 valence electrons. The van der Waals surface area contributed by atoms with Gasteiger partial charge in [0, 0.05) is 31.7 Å². The molecule has 1 fully saturated rings.